The molecule has 0 bridgehead atoms. The van der Waals surface area contributed by atoms with Crippen molar-refractivity contribution in [1.29, 1.82) is 0 Å². The van der Waals surface area contributed by atoms with Crippen molar-refractivity contribution in [2.24, 2.45) is 0 Å². The Bertz CT molecular complexity index is 959. The van der Waals surface area contributed by atoms with Gasteiger partial charge in [0, 0.05) is 17.1 Å². The van der Waals surface area contributed by atoms with Gasteiger partial charge in [0.15, 0.2) is 0 Å². The molecule has 0 spiro atoms. The number of aromatic amines is 1. The number of hydrogen-bond acceptors (Lipinski definition) is 2. The molecule has 0 saturated heterocycles. The van der Waals surface area contributed by atoms with Gasteiger partial charge in [0.1, 0.15) is 0 Å². The number of nitrogens with one attached hydrogen (secondary N) is 1. The number of benzene rings is 2. The summed E-state index contributed by atoms with van der Waals surface area (Å²) in [6.07, 6.45) is 1.66. The van der Waals surface area contributed by atoms with Crippen molar-refractivity contribution in [2.75, 3.05) is 0 Å². The van der Waals surface area contributed by atoms with Crippen molar-refractivity contribution in [3.8, 4) is 11.1 Å². The van der Waals surface area contributed by atoms with Crippen molar-refractivity contribution in [1.82, 2.24) is 4.98 Å². The molecule has 1 aromatic heterocycles. The van der Waals surface area contributed by atoms with Crippen LogP contribution in [0.3, 0.4) is 0 Å². The normalized spacial score (nSPS) is 10.9. The average molecular weight is 330 g/mol. The Balaban J connectivity index is 2.27. The third-order valence-electron chi connectivity index (χ3n) is 3.85. The molecule has 0 aliphatic rings. The minimum Gasteiger partial charge on any atom is -0.478 e. The van der Waals surface area contributed by atoms with Crippen LogP contribution in [0.1, 0.15) is 26.3 Å². The van der Waals surface area contributed by atoms with E-state index in [4.69, 9.17) is 16.7 Å². The van der Waals surface area contributed by atoms with E-state index in [1.54, 1.807) is 24.4 Å². The first kappa shape index (κ1) is 15.1. The van der Waals surface area contributed by atoms with E-state index in [-0.39, 0.29) is 16.7 Å². The van der Waals surface area contributed by atoms with Crippen LogP contribution in [0.5, 0.6) is 0 Å². The maximum absolute atomic E-state index is 11.6. The summed E-state index contributed by atoms with van der Waals surface area (Å²) >= 11 is 6.04. The number of carbonyl (C=O) groups is 2. The molecule has 6 heteroatoms. The fourth-order valence-electron chi connectivity index (χ4n) is 2.72. The number of rotatable bonds is 3. The lowest BCUT2D eigenvalue weighted by Gasteiger charge is -2.12. The predicted molar refractivity (Wildman–Crippen MR) is 87.4 cm³/mol. The number of aromatic carboxylic acids is 2. The zero-order chi connectivity index (χ0) is 16.7. The summed E-state index contributed by atoms with van der Waals surface area (Å²) in [5.41, 5.74) is 2.12. The Morgan fingerprint density at radius 1 is 1.09 bits per heavy atom. The summed E-state index contributed by atoms with van der Waals surface area (Å²) in [6, 6.07) is 8.30. The molecule has 0 atom stereocenters. The molecule has 0 unspecified atom stereocenters. The number of H-pyrrole nitrogens is 1. The van der Waals surface area contributed by atoms with Crippen LogP contribution in [0.25, 0.3) is 22.0 Å². The molecule has 2 aromatic carbocycles. The lowest BCUT2D eigenvalue weighted by Crippen LogP contribution is -2.09. The molecule has 3 N–H and O–H groups in total. The second-order valence-electron chi connectivity index (χ2n) is 5.17. The number of carboxylic acid groups (broad SMARTS) is 2. The molecule has 0 radical (unpaired) electrons. The number of fused-ring (bicyclic) bond motifs is 1. The molecule has 0 aliphatic carbocycles. The number of carboxylic acids is 2. The van der Waals surface area contributed by atoms with Gasteiger partial charge in [-0.25, -0.2) is 9.59 Å². The molecule has 0 fully saturated rings. The van der Waals surface area contributed by atoms with Crippen molar-refractivity contribution in [2.45, 2.75) is 6.92 Å². The Morgan fingerprint density at radius 3 is 2.48 bits per heavy atom. The van der Waals surface area contributed by atoms with Crippen molar-refractivity contribution in [3.63, 3.8) is 0 Å². The fourth-order valence-corrected chi connectivity index (χ4v) is 2.94. The Morgan fingerprint density at radius 2 is 1.83 bits per heavy atom. The van der Waals surface area contributed by atoms with Crippen molar-refractivity contribution in [3.05, 3.63) is 58.2 Å². The fraction of sp³-hybridized carbons (Fsp3) is 0.0588. The highest BCUT2D eigenvalue weighted by molar-refractivity contribution is 6.35. The van der Waals surface area contributed by atoms with Gasteiger partial charge in [-0.15, -0.1) is 0 Å². The van der Waals surface area contributed by atoms with Crippen LogP contribution < -0.4 is 0 Å². The molecule has 116 valence electrons. The average Bonchev–Trinajstić information content (AvgIpc) is 2.87. The summed E-state index contributed by atoms with van der Waals surface area (Å²) in [4.78, 5) is 25.9. The number of aromatic nitrogens is 1. The van der Waals surface area contributed by atoms with Crippen LogP contribution >= 0.6 is 11.6 Å². The van der Waals surface area contributed by atoms with E-state index in [1.807, 2.05) is 0 Å². The molecular formula is C17H12ClNO4. The quantitative estimate of drug-likeness (QED) is 0.672. The van der Waals surface area contributed by atoms with Crippen LogP contribution in [0.4, 0.5) is 0 Å². The predicted octanol–water partition coefficient (Wildman–Crippen LogP) is 4.19. The lowest BCUT2D eigenvalue weighted by molar-refractivity contribution is 0.0696. The zero-order valence-corrected chi connectivity index (χ0v) is 12.8. The van der Waals surface area contributed by atoms with Gasteiger partial charge >= 0.3 is 11.9 Å². The summed E-state index contributed by atoms with van der Waals surface area (Å²) < 4.78 is 0. The summed E-state index contributed by atoms with van der Waals surface area (Å²) in [5, 5.41) is 20.1. The van der Waals surface area contributed by atoms with Gasteiger partial charge in [0.25, 0.3) is 0 Å². The zero-order valence-electron chi connectivity index (χ0n) is 12.1. The van der Waals surface area contributed by atoms with E-state index in [2.05, 4.69) is 4.98 Å². The molecular weight excluding hydrogens is 318 g/mol. The van der Waals surface area contributed by atoms with E-state index in [0.29, 0.717) is 16.1 Å². The van der Waals surface area contributed by atoms with Gasteiger partial charge in [0.2, 0.25) is 0 Å². The highest BCUT2D eigenvalue weighted by Crippen LogP contribution is 2.32. The standard InChI is InChI=1S/C17H12ClNO4/c1-8-10(16(20)21)4-5-11(15(8)17(22)23)9-2-3-12-13(18)7-19-14(12)6-9/h2-7,19H,1H3,(H,20,21)(H,22,23). The summed E-state index contributed by atoms with van der Waals surface area (Å²) in [5.74, 6) is -2.31. The third kappa shape index (κ3) is 2.45. The van der Waals surface area contributed by atoms with Crippen LogP contribution in [0.15, 0.2) is 36.5 Å². The maximum atomic E-state index is 11.6. The molecule has 3 aromatic rings. The van der Waals surface area contributed by atoms with Gasteiger partial charge in [-0.1, -0.05) is 29.8 Å². The molecule has 23 heavy (non-hydrogen) atoms. The molecule has 0 amide bonds. The van der Waals surface area contributed by atoms with Gasteiger partial charge < -0.3 is 15.2 Å². The monoisotopic (exact) mass is 329 g/mol. The molecule has 3 rings (SSSR count). The first-order chi connectivity index (χ1) is 10.9. The van der Waals surface area contributed by atoms with Crippen molar-refractivity contribution < 1.29 is 19.8 Å². The van der Waals surface area contributed by atoms with Crippen LogP contribution in [0.2, 0.25) is 5.02 Å². The van der Waals surface area contributed by atoms with Crippen LogP contribution in [-0.2, 0) is 0 Å². The van der Waals surface area contributed by atoms with E-state index in [9.17, 15) is 14.7 Å². The molecule has 5 nitrogen and oxygen atoms in total. The third-order valence-corrected chi connectivity index (χ3v) is 4.16. The van der Waals surface area contributed by atoms with Gasteiger partial charge in [-0.3, -0.25) is 0 Å². The Labute approximate surface area is 136 Å². The lowest BCUT2D eigenvalue weighted by atomic mass is 9.92. The topological polar surface area (TPSA) is 90.4 Å². The second kappa shape index (κ2) is 5.44. The minimum atomic E-state index is -1.16. The second-order valence-corrected chi connectivity index (χ2v) is 5.58. The van der Waals surface area contributed by atoms with E-state index < -0.39 is 11.9 Å². The van der Waals surface area contributed by atoms with Crippen molar-refractivity contribution >= 4 is 34.4 Å². The van der Waals surface area contributed by atoms with Crippen LogP contribution in [-0.4, -0.2) is 27.1 Å². The molecule has 0 aliphatic heterocycles. The molecule has 1 heterocycles. The Kier molecular flexibility index (Phi) is 3.58. The first-order valence-electron chi connectivity index (χ1n) is 6.77. The number of hydrogen-bond donors (Lipinski definition) is 3. The van der Waals surface area contributed by atoms with E-state index in [0.717, 1.165) is 10.9 Å². The Hall–Kier alpha value is -2.79. The van der Waals surface area contributed by atoms with Crippen LogP contribution in [0, 0.1) is 6.92 Å². The van der Waals surface area contributed by atoms with Gasteiger partial charge in [-0.05, 0) is 35.7 Å². The summed E-state index contributed by atoms with van der Waals surface area (Å²) in [7, 11) is 0. The smallest absolute Gasteiger partial charge is 0.336 e. The largest absolute Gasteiger partial charge is 0.478 e. The first-order valence-corrected chi connectivity index (χ1v) is 7.15. The van der Waals surface area contributed by atoms with E-state index >= 15 is 0 Å². The van der Waals surface area contributed by atoms with Gasteiger partial charge in [0.05, 0.1) is 16.1 Å². The summed E-state index contributed by atoms with van der Waals surface area (Å²) in [6.45, 7) is 1.50. The number of halogens is 1. The van der Waals surface area contributed by atoms with Gasteiger partial charge in [-0.2, -0.15) is 0 Å². The highest BCUT2D eigenvalue weighted by Gasteiger charge is 2.20. The molecule has 0 saturated carbocycles. The van der Waals surface area contributed by atoms with E-state index in [1.165, 1.54) is 19.1 Å². The highest BCUT2D eigenvalue weighted by atomic mass is 35.5. The minimum absolute atomic E-state index is 0.0121. The SMILES string of the molecule is Cc1c(C(=O)O)ccc(-c2ccc3c(Cl)c[nH]c3c2)c1C(=O)O. The maximum Gasteiger partial charge on any atom is 0.336 e.